The molecule has 0 amide bonds. The average Bonchev–Trinajstić information content (AvgIpc) is 2.87. The summed E-state index contributed by atoms with van der Waals surface area (Å²) in [6.07, 6.45) is 6.41. The van der Waals surface area contributed by atoms with Crippen LogP contribution in [-0.2, 0) is 12.8 Å². The van der Waals surface area contributed by atoms with Crippen LogP contribution in [0, 0.1) is 11.8 Å². The molecule has 0 N–H and O–H groups in total. The molecule has 0 radical (unpaired) electrons. The minimum absolute atomic E-state index is 0.602. The van der Waals surface area contributed by atoms with Gasteiger partial charge in [0.2, 0.25) is 0 Å². The van der Waals surface area contributed by atoms with Crippen molar-refractivity contribution in [1.82, 2.24) is 9.97 Å². The van der Waals surface area contributed by atoms with Crippen LogP contribution < -0.4 is 15.1 Å². The first-order valence-corrected chi connectivity index (χ1v) is 22.1. The first-order valence-electron chi connectivity index (χ1n) is 15.1. The summed E-state index contributed by atoms with van der Waals surface area (Å²) >= 11 is 0. The number of pyridine rings is 2. The van der Waals surface area contributed by atoms with Crippen molar-refractivity contribution in [2.24, 2.45) is 11.8 Å². The highest BCUT2D eigenvalue weighted by Gasteiger charge is 2.23. The zero-order valence-electron chi connectivity index (χ0n) is 26.8. The lowest BCUT2D eigenvalue weighted by Gasteiger charge is -2.22. The molecule has 0 fully saturated rings. The fourth-order valence-corrected chi connectivity index (χ4v) is 8.63. The molecule has 0 unspecified atom stereocenters. The molecule has 0 saturated carbocycles. The summed E-state index contributed by atoms with van der Waals surface area (Å²) in [5.41, 5.74) is 7.04. The predicted octanol–water partition coefficient (Wildman–Crippen LogP) is 9.09. The van der Waals surface area contributed by atoms with Crippen molar-refractivity contribution in [3.63, 3.8) is 0 Å². The van der Waals surface area contributed by atoms with E-state index in [1.807, 2.05) is 12.1 Å². The van der Waals surface area contributed by atoms with Crippen molar-refractivity contribution in [2.45, 2.75) is 79.8 Å². The fraction of sp³-hybridized carbons (Fsp3) is 0.389. The zero-order valence-corrected chi connectivity index (χ0v) is 28.8. The molecule has 0 aliphatic heterocycles. The van der Waals surface area contributed by atoms with Gasteiger partial charge >= 0.3 is 0 Å². The SMILES string of the molecule is CC(C)Cc1cc(-c2cccc(Oc3cccc(-c4cc(CC(C)C)c([Si](C)(C)C)cn4)c3)c2)ncc1[Si](C)(C)C. The molecule has 3 nitrogen and oxygen atoms in total. The quantitative estimate of drug-likeness (QED) is 0.176. The van der Waals surface area contributed by atoms with Crippen LogP contribution >= 0.6 is 0 Å². The lowest BCUT2D eigenvalue weighted by atomic mass is 10.0. The van der Waals surface area contributed by atoms with Gasteiger partial charge < -0.3 is 4.74 Å². The molecule has 2 heterocycles. The summed E-state index contributed by atoms with van der Waals surface area (Å²) in [5, 5.41) is 2.92. The van der Waals surface area contributed by atoms with E-state index in [1.54, 1.807) is 0 Å². The van der Waals surface area contributed by atoms with E-state index < -0.39 is 16.1 Å². The van der Waals surface area contributed by atoms with Crippen LogP contribution in [0.15, 0.2) is 73.1 Å². The smallest absolute Gasteiger partial charge is 0.128 e. The highest BCUT2D eigenvalue weighted by atomic mass is 28.3. The van der Waals surface area contributed by atoms with Crippen LogP contribution in [0.3, 0.4) is 0 Å². The fourth-order valence-electron chi connectivity index (χ4n) is 5.45. The Balaban J connectivity index is 1.63. The topological polar surface area (TPSA) is 35.0 Å². The van der Waals surface area contributed by atoms with Crippen LogP contribution in [0.25, 0.3) is 22.5 Å². The van der Waals surface area contributed by atoms with Crippen molar-refractivity contribution < 1.29 is 4.74 Å². The minimum atomic E-state index is -1.48. The van der Waals surface area contributed by atoms with Crippen molar-refractivity contribution in [3.05, 3.63) is 84.2 Å². The van der Waals surface area contributed by atoms with Gasteiger partial charge in [-0.25, -0.2) is 0 Å². The van der Waals surface area contributed by atoms with Gasteiger partial charge in [-0.2, -0.15) is 0 Å². The van der Waals surface area contributed by atoms with Crippen molar-refractivity contribution in [2.75, 3.05) is 0 Å². The summed E-state index contributed by atoms with van der Waals surface area (Å²) in [5.74, 6) is 2.82. The Labute approximate surface area is 250 Å². The van der Waals surface area contributed by atoms with Gasteiger partial charge in [0.25, 0.3) is 0 Å². The van der Waals surface area contributed by atoms with Crippen LogP contribution in [0.4, 0.5) is 0 Å². The monoisotopic (exact) mass is 580 g/mol. The largest absolute Gasteiger partial charge is 0.457 e. The van der Waals surface area contributed by atoms with Gasteiger partial charge in [-0.3, -0.25) is 9.97 Å². The van der Waals surface area contributed by atoms with E-state index in [0.29, 0.717) is 11.8 Å². The Kier molecular flexibility index (Phi) is 9.40. The number of hydrogen-bond acceptors (Lipinski definition) is 3. The van der Waals surface area contributed by atoms with E-state index in [1.165, 1.54) is 21.5 Å². The summed E-state index contributed by atoms with van der Waals surface area (Å²) in [6, 6.07) is 21.2. The number of hydrogen-bond donors (Lipinski definition) is 0. The summed E-state index contributed by atoms with van der Waals surface area (Å²) < 4.78 is 6.41. The molecular formula is C36H48N2OSi2. The van der Waals surface area contributed by atoms with Crippen LogP contribution in [0.2, 0.25) is 39.3 Å². The third kappa shape index (κ3) is 8.05. The van der Waals surface area contributed by atoms with E-state index >= 15 is 0 Å². The Morgan fingerprint density at radius 3 is 1.32 bits per heavy atom. The molecule has 0 atom stereocenters. The molecule has 2 aromatic carbocycles. The van der Waals surface area contributed by atoms with E-state index in [0.717, 1.165) is 46.9 Å². The predicted molar refractivity (Wildman–Crippen MR) is 182 cm³/mol. The molecule has 0 saturated heterocycles. The van der Waals surface area contributed by atoms with E-state index in [9.17, 15) is 0 Å². The number of benzene rings is 2. The van der Waals surface area contributed by atoms with Crippen LogP contribution in [0.1, 0.15) is 38.8 Å². The van der Waals surface area contributed by atoms with Crippen LogP contribution in [-0.4, -0.2) is 26.1 Å². The number of rotatable bonds is 10. The average molecular weight is 581 g/mol. The zero-order chi connectivity index (χ0) is 29.9. The van der Waals surface area contributed by atoms with Gasteiger partial charge in [-0.1, -0.05) is 91.2 Å². The molecular weight excluding hydrogens is 533 g/mol. The second kappa shape index (κ2) is 12.5. The molecule has 0 spiro atoms. The van der Waals surface area contributed by atoms with Gasteiger partial charge in [0.15, 0.2) is 0 Å². The molecule has 0 aliphatic carbocycles. The maximum absolute atomic E-state index is 6.41. The van der Waals surface area contributed by atoms with Gasteiger partial charge in [0.1, 0.15) is 11.5 Å². The van der Waals surface area contributed by atoms with Gasteiger partial charge in [-0.05, 0) is 82.6 Å². The minimum Gasteiger partial charge on any atom is -0.457 e. The molecule has 4 aromatic rings. The summed E-state index contributed by atoms with van der Waals surface area (Å²) in [7, 11) is -2.96. The standard InChI is InChI=1S/C36H48N2OSi2/c1-25(2)17-29-21-33(37-23-35(29)40(5,6)7)27-13-11-15-31(19-27)39-32-16-12-14-28(20-32)34-22-30(18-26(3)4)36(24-38-34)41(8,9)10/h11-16,19-26H,17-18H2,1-10H3. The molecule has 4 rings (SSSR count). The van der Waals surface area contributed by atoms with Crippen molar-refractivity contribution in [3.8, 4) is 34.0 Å². The highest BCUT2D eigenvalue weighted by Crippen LogP contribution is 2.30. The second-order valence-electron chi connectivity index (χ2n) is 14.3. The second-order valence-corrected chi connectivity index (χ2v) is 24.4. The molecule has 2 aromatic heterocycles. The Morgan fingerprint density at radius 2 is 0.976 bits per heavy atom. The summed E-state index contributed by atoms with van der Waals surface area (Å²) in [4.78, 5) is 9.82. The normalized spacial score (nSPS) is 12.3. The van der Waals surface area contributed by atoms with Crippen molar-refractivity contribution >= 4 is 26.5 Å². The first kappa shape index (κ1) is 30.9. The third-order valence-electron chi connectivity index (χ3n) is 7.35. The molecule has 0 aliphatic rings. The first-order chi connectivity index (χ1) is 19.2. The maximum Gasteiger partial charge on any atom is 0.128 e. The Morgan fingerprint density at radius 1 is 0.585 bits per heavy atom. The maximum atomic E-state index is 6.41. The highest BCUT2D eigenvalue weighted by molar-refractivity contribution is 6.89. The van der Waals surface area contributed by atoms with Crippen LogP contribution in [0.5, 0.6) is 11.5 Å². The van der Waals surface area contributed by atoms with Gasteiger partial charge in [-0.15, -0.1) is 0 Å². The Bertz CT molecular complexity index is 1380. The van der Waals surface area contributed by atoms with Crippen molar-refractivity contribution in [1.29, 1.82) is 0 Å². The number of aromatic nitrogens is 2. The Hall–Kier alpha value is -3.03. The summed E-state index contributed by atoms with van der Waals surface area (Å²) in [6.45, 7) is 23.6. The number of ether oxygens (including phenoxy) is 1. The van der Waals surface area contributed by atoms with Gasteiger partial charge in [0.05, 0.1) is 27.5 Å². The van der Waals surface area contributed by atoms with E-state index in [-0.39, 0.29) is 0 Å². The lowest BCUT2D eigenvalue weighted by molar-refractivity contribution is 0.483. The lowest BCUT2D eigenvalue weighted by Crippen LogP contribution is -2.40. The van der Waals surface area contributed by atoms with E-state index in [2.05, 4.69) is 128 Å². The molecule has 0 bridgehead atoms. The van der Waals surface area contributed by atoms with E-state index in [4.69, 9.17) is 14.7 Å². The molecule has 5 heteroatoms. The van der Waals surface area contributed by atoms with Gasteiger partial charge in [0, 0.05) is 23.5 Å². The third-order valence-corrected chi connectivity index (χ3v) is 11.5. The molecule has 41 heavy (non-hydrogen) atoms. The number of nitrogens with zero attached hydrogens (tertiary/aromatic N) is 2. The molecule has 216 valence electrons.